The van der Waals surface area contributed by atoms with Crippen LogP contribution in [0.25, 0.3) is 22.3 Å². The van der Waals surface area contributed by atoms with Crippen molar-refractivity contribution in [2.45, 2.75) is 0 Å². The maximum atomic E-state index is 11.1. The Balaban J connectivity index is 2.00. The first kappa shape index (κ1) is 12.4. The van der Waals surface area contributed by atoms with Crippen LogP contribution in [-0.2, 0) is 0 Å². The van der Waals surface area contributed by atoms with Crippen LogP contribution < -0.4 is 0 Å². The molecule has 0 heterocycles. The highest BCUT2D eigenvalue weighted by molar-refractivity contribution is 5.87. The van der Waals surface area contributed by atoms with E-state index in [9.17, 15) is 4.79 Å². The Labute approximate surface area is 118 Å². The predicted molar refractivity (Wildman–Crippen MR) is 82.7 cm³/mol. The Kier molecular flexibility index (Phi) is 3.42. The zero-order valence-corrected chi connectivity index (χ0v) is 11.0. The van der Waals surface area contributed by atoms with E-state index in [0.29, 0.717) is 0 Å². The van der Waals surface area contributed by atoms with Crippen molar-refractivity contribution >= 4 is 6.29 Å². The topological polar surface area (TPSA) is 17.1 Å². The summed E-state index contributed by atoms with van der Waals surface area (Å²) in [6.45, 7) is 0. The molecule has 0 amide bonds. The van der Waals surface area contributed by atoms with E-state index in [1.807, 2.05) is 42.5 Å². The lowest BCUT2D eigenvalue weighted by molar-refractivity contribution is 0.112. The number of carbonyl (C=O) groups is 1. The van der Waals surface area contributed by atoms with Crippen molar-refractivity contribution in [2.24, 2.45) is 0 Å². The first-order valence-electron chi connectivity index (χ1n) is 6.58. The minimum Gasteiger partial charge on any atom is -0.298 e. The van der Waals surface area contributed by atoms with Gasteiger partial charge < -0.3 is 0 Å². The molecular weight excluding hydrogens is 244 g/mol. The lowest BCUT2D eigenvalue weighted by Gasteiger charge is -2.07. The molecule has 0 atom stereocenters. The van der Waals surface area contributed by atoms with Crippen molar-refractivity contribution in [3.63, 3.8) is 0 Å². The molecule has 0 saturated heterocycles. The average Bonchev–Trinajstić information content (AvgIpc) is 2.56. The Hall–Kier alpha value is -2.67. The van der Waals surface area contributed by atoms with E-state index >= 15 is 0 Å². The lowest BCUT2D eigenvalue weighted by atomic mass is 9.97. The zero-order chi connectivity index (χ0) is 13.8. The first-order valence-corrected chi connectivity index (χ1v) is 6.58. The molecule has 1 nitrogen and oxygen atoms in total. The molecule has 0 aliphatic carbocycles. The first-order chi connectivity index (χ1) is 9.88. The third-order valence-electron chi connectivity index (χ3n) is 3.39. The number of aldehydes is 1. The van der Waals surface area contributed by atoms with E-state index in [-0.39, 0.29) is 0 Å². The van der Waals surface area contributed by atoms with Gasteiger partial charge in [0.05, 0.1) is 0 Å². The molecule has 0 radical (unpaired) electrons. The molecule has 0 spiro atoms. The van der Waals surface area contributed by atoms with Gasteiger partial charge in [-0.3, -0.25) is 4.79 Å². The van der Waals surface area contributed by atoms with Gasteiger partial charge in [0.25, 0.3) is 0 Å². The van der Waals surface area contributed by atoms with Crippen LogP contribution in [0.4, 0.5) is 0 Å². The molecule has 3 aromatic rings. The zero-order valence-electron chi connectivity index (χ0n) is 11.0. The average molecular weight is 258 g/mol. The van der Waals surface area contributed by atoms with Gasteiger partial charge in [0.1, 0.15) is 0 Å². The van der Waals surface area contributed by atoms with Crippen molar-refractivity contribution < 1.29 is 4.79 Å². The fraction of sp³-hybridized carbons (Fsp3) is 0. The molecule has 3 aromatic carbocycles. The van der Waals surface area contributed by atoms with Crippen LogP contribution in [0.5, 0.6) is 0 Å². The highest BCUT2D eigenvalue weighted by Crippen LogP contribution is 2.26. The van der Waals surface area contributed by atoms with E-state index < -0.39 is 0 Å². The van der Waals surface area contributed by atoms with E-state index in [1.54, 1.807) is 0 Å². The van der Waals surface area contributed by atoms with Gasteiger partial charge in [0.2, 0.25) is 0 Å². The fourth-order valence-corrected chi connectivity index (χ4v) is 2.34. The van der Waals surface area contributed by atoms with Crippen molar-refractivity contribution in [1.82, 2.24) is 0 Å². The van der Waals surface area contributed by atoms with Crippen LogP contribution in [0, 0.1) is 0 Å². The van der Waals surface area contributed by atoms with Gasteiger partial charge >= 0.3 is 0 Å². The minimum absolute atomic E-state index is 0.722. The number of benzene rings is 3. The summed E-state index contributed by atoms with van der Waals surface area (Å²) in [4.78, 5) is 11.1. The summed E-state index contributed by atoms with van der Waals surface area (Å²) in [6, 6.07) is 26.2. The second-order valence-electron chi connectivity index (χ2n) is 4.65. The monoisotopic (exact) mass is 258 g/mol. The maximum Gasteiger partial charge on any atom is 0.150 e. The van der Waals surface area contributed by atoms with Gasteiger partial charge in [-0.05, 0) is 22.3 Å². The smallest absolute Gasteiger partial charge is 0.150 e. The number of carbonyl (C=O) groups excluding carboxylic acids is 1. The molecule has 0 saturated carbocycles. The van der Waals surface area contributed by atoms with Gasteiger partial charge in [-0.2, -0.15) is 0 Å². The maximum absolute atomic E-state index is 11.1. The summed E-state index contributed by atoms with van der Waals surface area (Å²) in [5.41, 5.74) is 5.13. The Morgan fingerprint density at radius 2 is 1.10 bits per heavy atom. The highest BCUT2D eigenvalue weighted by Gasteiger charge is 2.04. The predicted octanol–water partition coefficient (Wildman–Crippen LogP) is 4.83. The molecular formula is C19H14O. The van der Waals surface area contributed by atoms with E-state index in [4.69, 9.17) is 0 Å². The Morgan fingerprint density at radius 1 is 0.550 bits per heavy atom. The summed E-state index contributed by atoms with van der Waals surface area (Å²) in [5, 5.41) is 0. The van der Waals surface area contributed by atoms with Crippen molar-refractivity contribution in [3.05, 3.63) is 84.4 Å². The third-order valence-corrected chi connectivity index (χ3v) is 3.39. The molecule has 0 bridgehead atoms. The summed E-state index contributed by atoms with van der Waals surface area (Å²) < 4.78 is 0. The summed E-state index contributed by atoms with van der Waals surface area (Å²) in [6.07, 6.45) is 0.903. The van der Waals surface area contributed by atoms with E-state index in [2.05, 4.69) is 36.4 Å². The van der Waals surface area contributed by atoms with Crippen LogP contribution in [0.3, 0.4) is 0 Å². The normalized spacial score (nSPS) is 10.2. The molecule has 0 aromatic heterocycles. The van der Waals surface area contributed by atoms with Crippen LogP contribution in [0.2, 0.25) is 0 Å². The second kappa shape index (κ2) is 5.54. The van der Waals surface area contributed by atoms with Crippen molar-refractivity contribution in [3.8, 4) is 22.3 Å². The number of hydrogen-bond acceptors (Lipinski definition) is 1. The van der Waals surface area contributed by atoms with Gasteiger partial charge in [0.15, 0.2) is 6.29 Å². The number of hydrogen-bond donors (Lipinski definition) is 0. The van der Waals surface area contributed by atoms with Crippen LogP contribution >= 0.6 is 0 Å². The molecule has 1 heteroatoms. The molecule has 3 rings (SSSR count). The van der Waals surface area contributed by atoms with Gasteiger partial charge in [-0.1, -0.05) is 78.9 Å². The molecule has 0 N–H and O–H groups in total. The quantitative estimate of drug-likeness (QED) is 0.615. The summed E-state index contributed by atoms with van der Waals surface area (Å²) >= 11 is 0. The second-order valence-corrected chi connectivity index (χ2v) is 4.65. The van der Waals surface area contributed by atoms with Crippen molar-refractivity contribution in [2.75, 3.05) is 0 Å². The molecule has 0 fully saturated rings. The number of rotatable bonds is 3. The van der Waals surface area contributed by atoms with Gasteiger partial charge in [0, 0.05) is 5.56 Å². The van der Waals surface area contributed by atoms with E-state index in [1.165, 1.54) is 11.1 Å². The van der Waals surface area contributed by atoms with Crippen LogP contribution in [-0.4, -0.2) is 6.29 Å². The van der Waals surface area contributed by atoms with Crippen LogP contribution in [0.1, 0.15) is 10.4 Å². The molecule has 96 valence electrons. The third kappa shape index (κ3) is 2.39. The van der Waals surface area contributed by atoms with E-state index in [0.717, 1.165) is 23.0 Å². The fourth-order valence-electron chi connectivity index (χ4n) is 2.34. The molecule has 0 aliphatic heterocycles. The Bertz CT molecular complexity index is 712. The largest absolute Gasteiger partial charge is 0.298 e. The Morgan fingerprint density at radius 3 is 1.80 bits per heavy atom. The highest BCUT2D eigenvalue weighted by atomic mass is 16.1. The van der Waals surface area contributed by atoms with Crippen molar-refractivity contribution in [1.29, 1.82) is 0 Å². The van der Waals surface area contributed by atoms with Crippen LogP contribution in [0.15, 0.2) is 78.9 Å². The molecule has 20 heavy (non-hydrogen) atoms. The summed E-state index contributed by atoms with van der Waals surface area (Å²) in [7, 11) is 0. The minimum atomic E-state index is 0.722. The van der Waals surface area contributed by atoms with Gasteiger partial charge in [-0.15, -0.1) is 0 Å². The summed E-state index contributed by atoms with van der Waals surface area (Å²) in [5.74, 6) is 0. The molecule has 0 unspecified atom stereocenters. The lowest BCUT2D eigenvalue weighted by Crippen LogP contribution is -1.87. The SMILES string of the molecule is O=Cc1ccccc1-c1ccc(-c2ccccc2)cc1. The molecule has 0 aliphatic rings. The van der Waals surface area contributed by atoms with Gasteiger partial charge in [-0.25, -0.2) is 0 Å². The standard InChI is InChI=1S/C19H14O/c20-14-18-8-4-5-9-19(18)17-12-10-16(11-13-17)15-6-2-1-3-7-15/h1-14H.